The van der Waals surface area contributed by atoms with E-state index in [4.69, 9.17) is 0 Å². The van der Waals surface area contributed by atoms with Crippen LogP contribution in [0.5, 0.6) is 0 Å². The van der Waals surface area contributed by atoms with Crippen LogP contribution in [0.4, 0.5) is 11.4 Å². The van der Waals surface area contributed by atoms with E-state index < -0.39 is 6.10 Å². The standard InChI is InChI=1S/C13H14N2O3/c16-10-6-13(18)15(7-10)9-3-1-8-2-4-12(17)14-11(8)5-9/h1,3,5,10,16H,2,4,6-7H2,(H,14,17). The molecule has 2 N–H and O–H groups in total. The first-order chi connectivity index (χ1) is 8.63. The minimum absolute atomic E-state index is 0.00688. The molecule has 1 aromatic carbocycles. The van der Waals surface area contributed by atoms with Crippen molar-refractivity contribution in [2.45, 2.75) is 25.4 Å². The molecule has 1 fully saturated rings. The number of rotatable bonds is 1. The summed E-state index contributed by atoms with van der Waals surface area (Å²) in [6, 6.07) is 5.61. The second kappa shape index (κ2) is 4.10. The summed E-state index contributed by atoms with van der Waals surface area (Å²) in [6.45, 7) is 0.325. The number of anilines is 2. The number of fused-ring (bicyclic) bond motifs is 1. The van der Waals surface area contributed by atoms with E-state index in [0.717, 1.165) is 23.4 Å². The quantitative estimate of drug-likeness (QED) is 0.765. The fraction of sp³-hybridized carbons (Fsp3) is 0.385. The van der Waals surface area contributed by atoms with Crippen LogP contribution in [0.3, 0.4) is 0 Å². The maximum atomic E-state index is 11.7. The number of aliphatic hydroxyl groups is 1. The molecule has 0 aliphatic carbocycles. The van der Waals surface area contributed by atoms with E-state index in [1.165, 1.54) is 0 Å². The third-order valence-corrected chi connectivity index (χ3v) is 3.41. The molecular formula is C13H14N2O3. The van der Waals surface area contributed by atoms with Gasteiger partial charge in [-0.1, -0.05) is 6.07 Å². The van der Waals surface area contributed by atoms with Crippen molar-refractivity contribution >= 4 is 23.2 Å². The third kappa shape index (κ3) is 1.86. The average Bonchev–Trinajstić information content (AvgIpc) is 2.67. The molecule has 1 atom stereocenters. The molecule has 3 rings (SSSR count). The number of β-amino-alcohol motifs (C(OH)–C–C–N with tert-alkyl or cyclic N) is 1. The molecule has 0 spiro atoms. The van der Waals surface area contributed by atoms with Gasteiger partial charge >= 0.3 is 0 Å². The van der Waals surface area contributed by atoms with Gasteiger partial charge in [-0.15, -0.1) is 0 Å². The molecule has 0 aromatic heterocycles. The number of amides is 2. The number of hydrogen-bond acceptors (Lipinski definition) is 3. The number of aliphatic hydroxyl groups excluding tert-OH is 1. The molecule has 0 radical (unpaired) electrons. The van der Waals surface area contributed by atoms with Crippen LogP contribution in [0.1, 0.15) is 18.4 Å². The van der Waals surface area contributed by atoms with Gasteiger partial charge in [0.25, 0.3) is 0 Å². The van der Waals surface area contributed by atoms with Gasteiger partial charge in [0, 0.05) is 17.8 Å². The molecule has 1 aromatic rings. The molecule has 0 bridgehead atoms. The zero-order chi connectivity index (χ0) is 12.7. The van der Waals surface area contributed by atoms with Crippen molar-refractivity contribution in [2.24, 2.45) is 0 Å². The molecule has 2 aliphatic heterocycles. The number of carbonyl (C=O) groups is 2. The molecule has 2 amide bonds. The number of nitrogens with zero attached hydrogens (tertiary/aromatic N) is 1. The van der Waals surface area contributed by atoms with Gasteiger partial charge in [0.15, 0.2) is 0 Å². The van der Waals surface area contributed by atoms with Crippen molar-refractivity contribution in [1.82, 2.24) is 0 Å². The Labute approximate surface area is 104 Å². The monoisotopic (exact) mass is 246 g/mol. The van der Waals surface area contributed by atoms with E-state index in [9.17, 15) is 14.7 Å². The zero-order valence-electron chi connectivity index (χ0n) is 9.85. The van der Waals surface area contributed by atoms with E-state index in [1.807, 2.05) is 18.2 Å². The van der Waals surface area contributed by atoms with Gasteiger partial charge in [0.1, 0.15) is 0 Å². The smallest absolute Gasteiger partial charge is 0.229 e. The highest BCUT2D eigenvalue weighted by atomic mass is 16.3. The lowest BCUT2D eigenvalue weighted by Crippen LogP contribution is -2.26. The van der Waals surface area contributed by atoms with Crippen LogP contribution in [0.2, 0.25) is 0 Å². The van der Waals surface area contributed by atoms with Crippen LogP contribution in [0.15, 0.2) is 18.2 Å². The second-order valence-electron chi connectivity index (χ2n) is 4.75. The first-order valence-corrected chi connectivity index (χ1v) is 6.05. The number of benzene rings is 1. The Balaban J connectivity index is 1.92. The lowest BCUT2D eigenvalue weighted by atomic mass is 10.0. The van der Waals surface area contributed by atoms with Gasteiger partial charge in [-0.05, 0) is 24.1 Å². The van der Waals surface area contributed by atoms with Crippen molar-refractivity contribution in [3.05, 3.63) is 23.8 Å². The Morgan fingerprint density at radius 2 is 2.11 bits per heavy atom. The largest absolute Gasteiger partial charge is 0.391 e. The van der Waals surface area contributed by atoms with E-state index >= 15 is 0 Å². The van der Waals surface area contributed by atoms with Crippen LogP contribution >= 0.6 is 0 Å². The Morgan fingerprint density at radius 1 is 1.28 bits per heavy atom. The topological polar surface area (TPSA) is 69.6 Å². The van der Waals surface area contributed by atoms with Crippen LogP contribution in [0.25, 0.3) is 0 Å². The van der Waals surface area contributed by atoms with Crippen LogP contribution in [-0.4, -0.2) is 29.6 Å². The maximum Gasteiger partial charge on any atom is 0.229 e. The van der Waals surface area contributed by atoms with Crippen molar-refractivity contribution < 1.29 is 14.7 Å². The summed E-state index contributed by atoms with van der Waals surface area (Å²) in [4.78, 5) is 24.6. The normalized spacial score (nSPS) is 22.9. The summed E-state index contributed by atoms with van der Waals surface area (Å²) >= 11 is 0. The molecule has 1 unspecified atom stereocenters. The number of carbonyl (C=O) groups excluding carboxylic acids is 2. The van der Waals surface area contributed by atoms with Crippen LogP contribution < -0.4 is 10.2 Å². The summed E-state index contributed by atoms with van der Waals surface area (Å²) in [7, 11) is 0. The van der Waals surface area contributed by atoms with Gasteiger partial charge in [0.05, 0.1) is 19.1 Å². The highest BCUT2D eigenvalue weighted by molar-refractivity contribution is 5.98. The van der Waals surface area contributed by atoms with Gasteiger partial charge < -0.3 is 15.3 Å². The molecule has 1 saturated heterocycles. The minimum atomic E-state index is -0.594. The Hall–Kier alpha value is -1.88. The Bertz CT molecular complexity index is 527. The first-order valence-electron chi connectivity index (χ1n) is 6.05. The van der Waals surface area contributed by atoms with E-state index in [0.29, 0.717) is 13.0 Å². The van der Waals surface area contributed by atoms with Gasteiger partial charge in [-0.3, -0.25) is 9.59 Å². The van der Waals surface area contributed by atoms with Crippen molar-refractivity contribution in [2.75, 3.05) is 16.8 Å². The first kappa shape index (κ1) is 11.2. The SMILES string of the molecule is O=C1CCc2ccc(N3CC(O)CC3=O)cc2N1. The molecule has 94 valence electrons. The van der Waals surface area contributed by atoms with Crippen LogP contribution in [-0.2, 0) is 16.0 Å². The molecule has 2 heterocycles. The van der Waals surface area contributed by atoms with E-state index in [2.05, 4.69) is 5.32 Å². The summed E-state index contributed by atoms with van der Waals surface area (Å²) in [6.07, 6.45) is 0.818. The van der Waals surface area contributed by atoms with Gasteiger partial charge in [-0.2, -0.15) is 0 Å². The summed E-state index contributed by atoms with van der Waals surface area (Å²) in [5.41, 5.74) is 2.60. The minimum Gasteiger partial charge on any atom is -0.391 e. The summed E-state index contributed by atoms with van der Waals surface area (Å²) in [5.74, 6) is -0.0722. The number of nitrogens with one attached hydrogen (secondary N) is 1. The molecule has 2 aliphatic rings. The molecule has 5 nitrogen and oxygen atoms in total. The highest BCUT2D eigenvalue weighted by Crippen LogP contribution is 2.29. The lowest BCUT2D eigenvalue weighted by Gasteiger charge is -2.21. The molecule has 0 saturated carbocycles. The predicted octanol–water partition coefficient (Wildman–Crippen LogP) is 0.669. The molecule has 18 heavy (non-hydrogen) atoms. The number of aryl methyl sites for hydroxylation is 1. The van der Waals surface area contributed by atoms with E-state index in [-0.39, 0.29) is 18.2 Å². The number of hydrogen-bond donors (Lipinski definition) is 2. The summed E-state index contributed by atoms with van der Waals surface area (Å²) in [5, 5.41) is 12.3. The maximum absolute atomic E-state index is 11.7. The van der Waals surface area contributed by atoms with Gasteiger partial charge in [-0.25, -0.2) is 0 Å². The van der Waals surface area contributed by atoms with Crippen LogP contribution in [0, 0.1) is 0 Å². The van der Waals surface area contributed by atoms with Crippen molar-refractivity contribution in [3.8, 4) is 0 Å². The molecular weight excluding hydrogens is 232 g/mol. The Morgan fingerprint density at radius 3 is 2.83 bits per heavy atom. The molecule has 5 heteroatoms. The third-order valence-electron chi connectivity index (χ3n) is 3.41. The predicted molar refractivity (Wildman–Crippen MR) is 66.4 cm³/mol. The van der Waals surface area contributed by atoms with Gasteiger partial charge in [0.2, 0.25) is 11.8 Å². The fourth-order valence-corrected chi connectivity index (χ4v) is 2.47. The summed E-state index contributed by atoms with van der Waals surface area (Å²) < 4.78 is 0. The lowest BCUT2D eigenvalue weighted by molar-refractivity contribution is -0.118. The second-order valence-corrected chi connectivity index (χ2v) is 4.75. The van der Waals surface area contributed by atoms with Crippen molar-refractivity contribution in [3.63, 3.8) is 0 Å². The Kier molecular flexibility index (Phi) is 2.56. The highest BCUT2D eigenvalue weighted by Gasteiger charge is 2.29. The fourth-order valence-electron chi connectivity index (χ4n) is 2.47. The van der Waals surface area contributed by atoms with E-state index in [1.54, 1.807) is 4.90 Å². The average molecular weight is 246 g/mol. The van der Waals surface area contributed by atoms with Crippen molar-refractivity contribution in [1.29, 1.82) is 0 Å². The zero-order valence-corrected chi connectivity index (χ0v) is 9.85.